The van der Waals surface area contributed by atoms with Gasteiger partial charge in [-0.15, -0.1) is 0 Å². The highest BCUT2D eigenvalue weighted by Crippen LogP contribution is 2.22. The molecule has 0 aromatic rings. The molecule has 0 aliphatic carbocycles. The smallest absolute Gasteiger partial charge is 0.0557 e. The Labute approximate surface area is 59.0 Å². The summed E-state index contributed by atoms with van der Waals surface area (Å²) in [5.41, 5.74) is 0.544. The molecule has 1 nitrogen and oxygen atoms in total. The van der Waals surface area contributed by atoms with Crippen LogP contribution in [-0.2, 0) is 0 Å². The van der Waals surface area contributed by atoms with Crippen LogP contribution >= 0.6 is 0 Å². The van der Waals surface area contributed by atoms with Crippen LogP contribution in [0.2, 0.25) is 24.7 Å². The zero-order valence-electron chi connectivity index (χ0n) is 6.86. The summed E-state index contributed by atoms with van der Waals surface area (Å²) in [5.74, 6) is 0. The fourth-order valence-electron chi connectivity index (χ4n) is 0.548. The van der Waals surface area contributed by atoms with E-state index in [1.54, 1.807) is 6.21 Å². The second-order valence-electron chi connectivity index (χ2n) is 3.30. The van der Waals surface area contributed by atoms with Gasteiger partial charge < -0.3 is 5.41 Å². The van der Waals surface area contributed by atoms with E-state index < -0.39 is 8.07 Å². The van der Waals surface area contributed by atoms with Crippen molar-refractivity contribution in [2.45, 2.75) is 38.5 Å². The predicted molar refractivity (Wildman–Crippen MR) is 46.2 cm³/mol. The van der Waals surface area contributed by atoms with Crippen molar-refractivity contribution in [1.29, 1.82) is 5.41 Å². The Balaban J connectivity index is 3.95. The third-order valence-electron chi connectivity index (χ3n) is 2.39. The largest absolute Gasteiger partial charge is 0.313 e. The van der Waals surface area contributed by atoms with Gasteiger partial charge in [0.2, 0.25) is 0 Å². The molecule has 0 aromatic heterocycles. The maximum Gasteiger partial charge on any atom is 0.0557 e. The van der Waals surface area contributed by atoms with Crippen LogP contribution in [0.1, 0.15) is 13.8 Å². The Morgan fingerprint density at radius 2 is 2.00 bits per heavy atom. The molecule has 0 fully saturated rings. The van der Waals surface area contributed by atoms with Crippen molar-refractivity contribution < 1.29 is 0 Å². The number of hydrogen-bond acceptors (Lipinski definition) is 1. The topological polar surface area (TPSA) is 23.9 Å². The fourth-order valence-corrected chi connectivity index (χ4v) is 1.64. The molecule has 0 saturated heterocycles. The number of nitrogens with one attached hydrogen (secondary N) is 1. The van der Waals surface area contributed by atoms with Gasteiger partial charge in [-0.2, -0.15) is 0 Å². The molecule has 0 aliphatic rings. The first-order valence-corrected chi connectivity index (χ1v) is 6.83. The third-order valence-corrected chi connectivity index (χ3v) is 6.85. The lowest BCUT2D eigenvalue weighted by molar-refractivity contribution is 1.15. The molecule has 0 aromatic carbocycles. The van der Waals surface area contributed by atoms with E-state index in [9.17, 15) is 0 Å². The normalized spacial score (nSPS) is 15.1. The molecule has 0 radical (unpaired) electrons. The van der Waals surface area contributed by atoms with E-state index in [2.05, 4.69) is 26.9 Å². The minimum absolute atomic E-state index is 0.544. The van der Waals surface area contributed by atoms with Crippen LogP contribution in [0.25, 0.3) is 0 Å². The molecule has 0 aliphatic heterocycles. The van der Waals surface area contributed by atoms with Gasteiger partial charge in [0.05, 0.1) is 8.07 Å². The second kappa shape index (κ2) is 3.16. The Morgan fingerprint density at radius 1 is 1.56 bits per heavy atom. The average molecular weight is 143 g/mol. The van der Waals surface area contributed by atoms with Gasteiger partial charge in [-0.3, -0.25) is 0 Å². The van der Waals surface area contributed by atoms with Crippen molar-refractivity contribution in [3.05, 3.63) is 0 Å². The summed E-state index contributed by atoms with van der Waals surface area (Å²) < 4.78 is 0. The van der Waals surface area contributed by atoms with Gasteiger partial charge in [-0.1, -0.05) is 33.0 Å². The van der Waals surface area contributed by atoms with E-state index in [4.69, 9.17) is 5.41 Å². The zero-order valence-corrected chi connectivity index (χ0v) is 7.86. The Bertz CT molecular complexity index is 99.1. The van der Waals surface area contributed by atoms with Crippen LogP contribution < -0.4 is 0 Å². The second-order valence-corrected chi connectivity index (χ2v) is 8.89. The number of hydrogen-bond donors (Lipinski definition) is 1. The van der Waals surface area contributed by atoms with Gasteiger partial charge >= 0.3 is 0 Å². The summed E-state index contributed by atoms with van der Waals surface area (Å²) >= 11 is 0. The maximum atomic E-state index is 7.08. The lowest BCUT2D eigenvalue weighted by Gasteiger charge is -2.24. The molecule has 1 N–H and O–H groups in total. The quantitative estimate of drug-likeness (QED) is 0.464. The molecule has 0 bridgehead atoms. The van der Waals surface area contributed by atoms with Gasteiger partial charge in [-0.25, -0.2) is 0 Å². The molecule has 54 valence electrons. The molecule has 9 heavy (non-hydrogen) atoms. The van der Waals surface area contributed by atoms with E-state index in [0.29, 0.717) is 5.54 Å². The monoisotopic (exact) mass is 143 g/mol. The predicted octanol–water partition coefficient (Wildman–Crippen LogP) is 2.75. The van der Waals surface area contributed by atoms with Crippen LogP contribution in [0.3, 0.4) is 0 Å². The minimum atomic E-state index is -1.02. The van der Waals surface area contributed by atoms with Crippen molar-refractivity contribution in [3.63, 3.8) is 0 Å². The highest BCUT2D eigenvalue weighted by Gasteiger charge is 2.23. The first-order valence-electron chi connectivity index (χ1n) is 3.55. The van der Waals surface area contributed by atoms with E-state index in [1.165, 1.54) is 6.04 Å². The van der Waals surface area contributed by atoms with E-state index in [0.717, 1.165) is 0 Å². The van der Waals surface area contributed by atoms with Crippen molar-refractivity contribution in [3.8, 4) is 0 Å². The van der Waals surface area contributed by atoms with Crippen LogP contribution in [0, 0.1) is 5.41 Å². The van der Waals surface area contributed by atoms with Crippen LogP contribution in [0.15, 0.2) is 0 Å². The summed E-state index contributed by atoms with van der Waals surface area (Å²) in [7, 11) is -1.02. The molecule has 0 amide bonds. The summed E-state index contributed by atoms with van der Waals surface area (Å²) in [6, 6.07) is 1.28. The Hall–Kier alpha value is -0.113. The summed E-state index contributed by atoms with van der Waals surface area (Å²) in [4.78, 5) is 0. The van der Waals surface area contributed by atoms with Gasteiger partial charge in [0, 0.05) is 0 Å². The van der Waals surface area contributed by atoms with Gasteiger partial charge in [0.25, 0.3) is 0 Å². The van der Waals surface area contributed by atoms with Crippen molar-refractivity contribution in [1.82, 2.24) is 0 Å². The van der Waals surface area contributed by atoms with E-state index in [-0.39, 0.29) is 0 Å². The third kappa shape index (κ3) is 2.31. The van der Waals surface area contributed by atoms with Gasteiger partial charge in [0.15, 0.2) is 0 Å². The summed E-state index contributed by atoms with van der Waals surface area (Å²) in [5, 5.41) is 7.08. The molecular weight excluding hydrogens is 126 g/mol. The highest BCUT2D eigenvalue weighted by molar-refractivity contribution is 6.80. The van der Waals surface area contributed by atoms with Gasteiger partial charge in [0.1, 0.15) is 0 Å². The van der Waals surface area contributed by atoms with Crippen LogP contribution in [0.4, 0.5) is 0 Å². The fraction of sp³-hybridized carbons (Fsp3) is 0.857. The van der Waals surface area contributed by atoms with Crippen LogP contribution in [-0.4, -0.2) is 14.3 Å². The van der Waals surface area contributed by atoms with Crippen molar-refractivity contribution in [2.75, 3.05) is 0 Å². The van der Waals surface area contributed by atoms with E-state index >= 15 is 0 Å². The van der Waals surface area contributed by atoms with Crippen LogP contribution in [0.5, 0.6) is 0 Å². The lowest BCUT2D eigenvalue weighted by atomic mass is 10.5. The number of rotatable bonds is 3. The average Bonchev–Trinajstić information content (AvgIpc) is 1.86. The maximum absolute atomic E-state index is 7.08. The highest BCUT2D eigenvalue weighted by atomic mass is 28.3. The molecule has 0 rings (SSSR count). The Morgan fingerprint density at radius 3 is 2.11 bits per heavy atom. The minimum Gasteiger partial charge on any atom is -0.313 e. The zero-order chi connectivity index (χ0) is 7.49. The molecular formula is C7H17NSi. The summed E-state index contributed by atoms with van der Waals surface area (Å²) in [6.07, 6.45) is 1.59. The summed E-state index contributed by atoms with van der Waals surface area (Å²) in [6.45, 7) is 9.06. The van der Waals surface area contributed by atoms with Gasteiger partial charge in [-0.05, 0) is 11.8 Å². The Kier molecular flexibility index (Phi) is 3.12. The molecule has 2 heteroatoms. The molecule has 0 heterocycles. The molecule has 1 atom stereocenters. The lowest BCUT2D eigenvalue weighted by Crippen LogP contribution is -2.30. The molecule has 1 unspecified atom stereocenters. The SMILES string of the molecule is CC[Si](C)(C)C(C)C=N. The standard InChI is InChI=1S/C7H17NSi/c1-5-9(3,4)7(2)6-8/h6-8H,5H2,1-4H3. The van der Waals surface area contributed by atoms with Crippen molar-refractivity contribution >= 4 is 14.3 Å². The first-order chi connectivity index (χ1) is 4.04. The van der Waals surface area contributed by atoms with E-state index in [1.807, 2.05) is 0 Å². The molecule has 0 saturated carbocycles. The first kappa shape index (κ1) is 8.89. The van der Waals surface area contributed by atoms with Crippen molar-refractivity contribution in [2.24, 2.45) is 0 Å². The molecule has 0 spiro atoms.